The molecule has 0 bridgehead atoms. The second kappa shape index (κ2) is 7.81. The van der Waals surface area contributed by atoms with Crippen LogP contribution in [0.3, 0.4) is 0 Å². The summed E-state index contributed by atoms with van der Waals surface area (Å²) in [6.45, 7) is 4.06. The van der Waals surface area contributed by atoms with Crippen LogP contribution in [0.15, 0.2) is 30.5 Å². The van der Waals surface area contributed by atoms with Crippen LogP contribution in [0.2, 0.25) is 0 Å². The molecular weight excluding hydrogens is 361 g/mol. The first-order valence-corrected chi connectivity index (χ1v) is 9.07. The van der Waals surface area contributed by atoms with Crippen molar-refractivity contribution in [3.05, 3.63) is 58.7 Å². The van der Waals surface area contributed by atoms with Gasteiger partial charge in [-0.1, -0.05) is 0 Å². The number of pyridine rings is 1. The van der Waals surface area contributed by atoms with Gasteiger partial charge in [0.15, 0.2) is 0 Å². The summed E-state index contributed by atoms with van der Waals surface area (Å²) in [6, 6.07) is 5.80. The van der Waals surface area contributed by atoms with Crippen LogP contribution in [0.25, 0.3) is 11.4 Å². The van der Waals surface area contributed by atoms with E-state index >= 15 is 0 Å². The summed E-state index contributed by atoms with van der Waals surface area (Å²) >= 11 is 0. The molecule has 0 aliphatic carbocycles. The summed E-state index contributed by atoms with van der Waals surface area (Å²) in [7, 11) is 0. The highest BCUT2D eigenvalue weighted by molar-refractivity contribution is 5.75. The SMILES string of the molecule is Cc1ncc2c(c1CNC(=O)Cn1nnc(-c3ccc(F)cc3)n1)CCNC2. The molecule has 2 N–H and O–H groups in total. The highest BCUT2D eigenvalue weighted by Gasteiger charge is 2.16. The van der Waals surface area contributed by atoms with Gasteiger partial charge in [-0.15, -0.1) is 10.2 Å². The summed E-state index contributed by atoms with van der Waals surface area (Å²) in [4.78, 5) is 18.0. The van der Waals surface area contributed by atoms with Gasteiger partial charge in [-0.25, -0.2) is 4.39 Å². The van der Waals surface area contributed by atoms with Crippen LogP contribution in [0.1, 0.15) is 22.4 Å². The van der Waals surface area contributed by atoms with Crippen molar-refractivity contribution in [2.24, 2.45) is 0 Å². The van der Waals surface area contributed by atoms with Gasteiger partial charge in [0, 0.05) is 30.5 Å². The van der Waals surface area contributed by atoms with Gasteiger partial charge in [-0.3, -0.25) is 9.78 Å². The molecule has 3 heterocycles. The molecule has 28 heavy (non-hydrogen) atoms. The van der Waals surface area contributed by atoms with Crippen LogP contribution in [0.5, 0.6) is 0 Å². The van der Waals surface area contributed by atoms with E-state index in [0.29, 0.717) is 17.9 Å². The number of nitrogens with zero attached hydrogens (tertiary/aromatic N) is 5. The Morgan fingerprint density at radius 2 is 2.14 bits per heavy atom. The Bertz CT molecular complexity index is 1000. The van der Waals surface area contributed by atoms with E-state index in [1.807, 2.05) is 13.1 Å². The molecule has 0 spiro atoms. The quantitative estimate of drug-likeness (QED) is 0.688. The molecule has 1 aliphatic heterocycles. The van der Waals surface area contributed by atoms with E-state index in [1.54, 1.807) is 12.1 Å². The standard InChI is InChI=1S/C19H20FN7O/c1-12-17(16-6-7-21-8-14(16)9-22-12)10-23-18(28)11-27-25-19(24-26-27)13-2-4-15(20)5-3-13/h2-5,9,21H,6-8,10-11H2,1H3,(H,23,28). The van der Waals surface area contributed by atoms with Crippen molar-refractivity contribution in [1.82, 2.24) is 35.8 Å². The minimum absolute atomic E-state index is 0.0444. The van der Waals surface area contributed by atoms with Gasteiger partial charge in [0.25, 0.3) is 0 Å². The first kappa shape index (κ1) is 18.2. The van der Waals surface area contributed by atoms with Crippen molar-refractivity contribution in [2.45, 2.75) is 33.0 Å². The maximum Gasteiger partial charge on any atom is 0.243 e. The third kappa shape index (κ3) is 3.89. The topological polar surface area (TPSA) is 97.6 Å². The highest BCUT2D eigenvalue weighted by Crippen LogP contribution is 2.20. The van der Waals surface area contributed by atoms with Crippen LogP contribution in [-0.2, 0) is 30.8 Å². The Balaban J connectivity index is 1.40. The van der Waals surface area contributed by atoms with E-state index in [4.69, 9.17) is 0 Å². The predicted molar refractivity (Wildman–Crippen MR) is 99.4 cm³/mol. The number of nitrogens with one attached hydrogen (secondary N) is 2. The van der Waals surface area contributed by atoms with Crippen LogP contribution < -0.4 is 10.6 Å². The van der Waals surface area contributed by atoms with Crippen molar-refractivity contribution < 1.29 is 9.18 Å². The molecule has 0 radical (unpaired) electrons. The van der Waals surface area contributed by atoms with Gasteiger partial charge >= 0.3 is 0 Å². The van der Waals surface area contributed by atoms with E-state index in [2.05, 4.69) is 31.0 Å². The molecule has 0 fully saturated rings. The molecule has 4 rings (SSSR count). The molecule has 2 aromatic heterocycles. The van der Waals surface area contributed by atoms with Crippen LogP contribution in [0, 0.1) is 12.7 Å². The number of aryl methyl sites for hydroxylation is 1. The molecule has 0 unspecified atom stereocenters. The molecule has 9 heteroatoms. The predicted octanol–water partition coefficient (Wildman–Crippen LogP) is 1.14. The largest absolute Gasteiger partial charge is 0.350 e. The Morgan fingerprint density at radius 3 is 2.96 bits per heavy atom. The summed E-state index contributed by atoms with van der Waals surface area (Å²) < 4.78 is 13.0. The average Bonchev–Trinajstić information content (AvgIpc) is 3.16. The van der Waals surface area contributed by atoms with E-state index in [9.17, 15) is 9.18 Å². The Kier molecular flexibility index (Phi) is 5.07. The van der Waals surface area contributed by atoms with Crippen LogP contribution in [0.4, 0.5) is 4.39 Å². The first-order chi connectivity index (χ1) is 13.6. The first-order valence-electron chi connectivity index (χ1n) is 9.07. The fourth-order valence-corrected chi connectivity index (χ4v) is 3.27. The number of amides is 1. The lowest BCUT2D eigenvalue weighted by molar-refractivity contribution is -0.122. The second-order valence-electron chi connectivity index (χ2n) is 6.68. The number of carbonyl (C=O) groups is 1. The molecular formula is C19H20FN7O. The number of tetrazole rings is 1. The molecule has 1 aromatic carbocycles. The third-order valence-corrected chi connectivity index (χ3v) is 4.77. The summed E-state index contributed by atoms with van der Waals surface area (Å²) in [5, 5.41) is 18.2. The number of benzene rings is 1. The fraction of sp³-hybridized carbons (Fsp3) is 0.316. The van der Waals surface area contributed by atoms with E-state index < -0.39 is 0 Å². The molecule has 0 atom stereocenters. The molecule has 144 valence electrons. The summed E-state index contributed by atoms with van der Waals surface area (Å²) in [5.74, 6) is -0.203. The monoisotopic (exact) mass is 381 g/mol. The van der Waals surface area contributed by atoms with Crippen molar-refractivity contribution in [3.63, 3.8) is 0 Å². The molecule has 0 saturated heterocycles. The van der Waals surface area contributed by atoms with Gasteiger partial charge in [-0.2, -0.15) is 4.80 Å². The van der Waals surface area contributed by atoms with E-state index in [1.165, 1.54) is 28.1 Å². The van der Waals surface area contributed by atoms with Crippen LogP contribution in [-0.4, -0.2) is 37.6 Å². The van der Waals surface area contributed by atoms with Crippen molar-refractivity contribution >= 4 is 5.91 Å². The third-order valence-electron chi connectivity index (χ3n) is 4.77. The normalized spacial score (nSPS) is 13.2. The van der Waals surface area contributed by atoms with E-state index in [0.717, 1.165) is 30.8 Å². The maximum atomic E-state index is 13.0. The molecule has 0 saturated carbocycles. The molecule has 3 aromatic rings. The highest BCUT2D eigenvalue weighted by atomic mass is 19.1. The van der Waals surface area contributed by atoms with Gasteiger partial charge in [0.1, 0.15) is 12.4 Å². The van der Waals surface area contributed by atoms with Crippen molar-refractivity contribution in [3.8, 4) is 11.4 Å². The van der Waals surface area contributed by atoms with E-state index in [-0.39, 0.29) is 18.3 Å². The zero-order valence-electron chi connectivity index (χ0n) is 15.4. The summed E-state index contributed by atoms with van der Waals surface area (Å²) in [5.41, 5.74) is 5.09. The lowest BCUT2D eigenvalue weighted by Crippen LogP contribution is -2.31. The summed E-state index contributed by atoms with van der Waals surface area (Å²) in [6.07, 6.45) is 2.83. The number of carbonyl (C=O) groups excluding carboxylic acids is 1. The number of halogens is 1. The second-order valence-corrected chi connectivity index (χ2v) is 6.68. The van der Waals surface area contributed by atoms with Crippen molar-refractivity contribution in [1.29, 1.82) is 0 Å². The minimum atomic E-state index is -0.334. The van der Waals surface area contributed by atoms with Gasteiger partial charge in [0.2, 0.25) is 11.7 Å². The zero-order chi connectivity index (χ0) is 19.5. The molecule has 1 amide bonds. The minimum Gasteiger partial charge on any atom is -0.350 e. The zero-order valence-corrected chi connectivity index (χ0v) is 15.4. The number of rotatable bonds is 5. The Hall–Kier alpha value is -3.20. The van der Waals surface area contributed by atoms with Gasteiger partial charge in [0.05, 0.1) is 0 Å². The molecule has 1 aliphatic rings. The average molecular weight is 381 g/mol. The van der Waals surface area contributed by atoms with Gasteiger partial charge in [-0.05, 0) is 66.1 Å². The maximum absolute atomic E-state index is 13.0. The Labute approximate surface area is 161 Å². The number of hydrogen-bond acceptors (Lipinski definition) is 6. The Morgan fingerprint density at radius 1 is 1.32 bits per heavy atom. The number of hydrogen-bond donors (Lipinski definition) is 2. The van der Waals surface area contributed by atoms with Crippen LogP contribution >= 0.6 is 0 Å². The van der Waals surface area contributed by atoms with Gasteiger partial charge < -0.3 is 10.6 Å². The smallest absolute Gasteiger partial charge is 0.243 e. The lowest BCUT2D eigenvalue weighted by atomic mass is 9.96. The number of aromatic nitrogens is 5. The lowest BCUT2D eigenvalue weighted by Gasteiger charge is -2.21. The fourth-order valence-electron chi connectivity index (χ4n) is 3.27. The molecule has 8 nitrogen and oxygen atoms in total. The van der Waals surface area contributed by atoms with Crippen molar-refractivity contribution in [2.75, 3.05) is 6.54 Å². The number of fused-ring (bicyclic) bond motifs is 1.